The fraction of sp³-hybridized carbons (Fsp3) is 0.538. The Kier molecular flexibility index (Phi) is 8.09. The maximum absolute atomic E-state index is 11.8. The van der Waals surface area contributed by atoms with Gasteiger partial charge < -0.3 is 4.89 Å². The lowest BCUT2D eigenvalue weighted by molar-refractivity contribution is 0.475. The van der Waals surface area contributed by atoms with Crippen LogP contribution < -0.4 is 0 Å². The van der Waals surface area contributed by atoms with E-state index in [-0.39, 0.29) is 17.4 Å². The van der Waals surface area contributed by atoms with E-state index in [4.69, 9.17) is 0 Å². The first-order valence-corrected chi connectivity index (χ1v) is 7.93. The van der Waals surface area contributed by atoms with Gasteiger partial charge in [-0.25, -0.2) is 0 Å². The summed E-state index contributed by atoms with van der Waals surface area (Å²) in [6.07, 6.45) is 3.42. The van der Waals surface area contributed by atoms with E-state index in [0.29, 0.717) is 18.7 Å². The van der Waals surface area contributed by atoms with Gasteiger partial charge in [0.25, 0.3) is 0 Å². The van der Waals surface area contributed by atoms with E-state index in [1.165, 1.54) is 5.56 Å². The minimum Gasteiger partial charge on any atom is -0.344 e. The Morgan fingerprint density at radius 3 is 2.29 bits per heavy atom. The highest BCUT2D eigenvalue weighted by Gasteiger charge is 2.16. The summed E-state index contributed by atoms with van der Waals surface area (Å²) >= 11 is 0. The summed E-state index contributed by atoms with van der Waals surface area (Å²) in [5, 5.41) is 0. The fourth-order valence-corrected chi connectivity index (χ4v) is 3.22. The van der Waals surface area contributed by atoms with Gasteiger partial charge in [-0.2, -0.15) is 0 Å². The second kappa shape index (κ2) is 8.12. The quantitative estimate of drug-likeness (QED) is 0.636. The molecule has 1 rings (SSSR count). The average Bonchev–Trinajstić information content (AvgIpc) is 2.26. The van der Waals surface area contributed by atoms with Gasteiger partial charge in [-0.1, -0.05) is 43.2 Å². The molecule has 0 spiro atoms. The molecule has 0 aliphatic heterocycles. The second-order valence-corrected chi connectivity index (χ2v) is 6.97. The molecule has 1 unspecified atom stereocenters. The van der Waals surface area contributed by atoms with E-state index in [2.05, 4.69) is 0 Å². The lowest BCUT2D eigenvalue weighted by Crippen LogP contribution is -1.98. The van der Waals surface area contributed by atoms with Crippen molar-refractivity contribution in [3.63, 3.8) is 0 Å². The van der Waals surface area contributed by atoms with Gasteiger partial charge >= 0.3 is 0 Å². The van der Waals surface area contributed by atoms with Crippen LogP contribution in [0.15, 0.2) is 24.3 Å². The molecule has 1 atom stereocenters. The summed E-state index contributed by atoms with van der Waals surface area (Å²) in [4.78, 5) is 9.72. The lowest BCUT2D eigenvalue weighted by Gasteiger charge is -2.10. The molecule has 0 bridgehead atoms. The predicted octanol–water partition coefficient (Wildman–Crippen LogP) is 2.42. The smallest absolute Gasteiger partial charge is 0.200 e. The third-order valence-corrected chi connectivity index (χ3v) is 4.67. The number of aryl methyl sites for hydroxylation is 2. The molecule has 0 aliphatic rings. The van der Waals surface area contributed by atoms with Crippen molar-refractivity contribution in [3.8, 4) is 0 Å². The zero-order valence-electron chi connectivity index (χ0n) is 10.1. The van der Waals surface area contributed by atoms with E-state index in [0.717, 1.165) is 18.4 Å². The van der Waals surface area contributed by atoms with Crippen LogP contribution in [0.4, 0.5) is 0 Å². The molecule has 17 heavy (non-hydrogen) atoms. The van der Waals surface area contributed by atoms with Crippen LogP contribution >= 0.6 is 7.37 Å². The van der Waals surface area contributed by atoms with Gasteiger partial charge in [-0.15, -0.1) is 0 Å². The Balaban J connectivity index is 0.00000256. The summed E-state index contributed by atoms with van der Waals surface area (Å²) < 4.78 is 11.8. The number of rotatable bonds is 6. The van der Waals surface area contributed by atoms with E-state index in [1.807, 2.05) is 38.1 Å². The van der Waals surface area contributed by atoms with Crippen molar-refractivity contribution in [1.29, 1.82) is 0 Å². The molecule has 0 radical (unpaired) electrons. The maximum Gasteiger partial charge on any atom is 0.200 e. The molecule has 4 heteroatoms. The van der Waals surface area contributed by atoms with E-state index in [1.54, 1.807) is 0 Å². The molecular weight excluding hydrogens is 246 g/mol. The van der Waals surface area contributed by atoms with Crippen LogP contribution in [0.2, 0.25) is 0 Å². The minimum atomic E-state index is -2.89. The largest absolute Gasteiger partial charge is 0.344 e. The molecular formula is C13H24AlO2P. The zero-order valence-corrected chi connectivity index (χ0v) is 11.0. The molecule has 2 nitrogen and oxygen atoms in total. The summed E-state index contributed by atoms with van der Waals surface area (Å²) in [5.41, 5.74) is 2.37. The Labute approximate surface area is 115 Å². The van der Waals surface area contributed by atoms with Crippen molar-refractivity contribution in [3.05, 3.63) is 35.4 Å². The first-order chi connectivity index (χ1) is 7.53. The van der Waals surface area contributed by atoms with Crippen LogP contribution in [0.1, 0.15) is 30.9 Å². The van der Waals surface area contributed by atoms with Crippen molar-refractivity contribution >= 4 is 24.7 Å². The van der Waals surface area contributed by atoms with E-state index >= 15 is 0 Å². The normalized spacial score (nSPS) is 13.8. The Hall–Kier alpha value is -0.0575. The van der Waals surface area contributed by atoms with Crippen molar-refractivity contribution in [2.45, 2.75) is 33.1 Å². The third-order valence-electron chi connectivity index (χ3n) is 2.73. The molecule has 1 aromatic rings. The molecule has 0 saturated carbocycles. The molecule has 96 valence electrons. The Morgan fingerprint density at radius 2 is 1.76 bits per heavy atom. The van der Waals surface area contributed by atoms with Crippen LogP contribution in [-0.4, -0.2) is 34.6 Å². The first kappa shape index (κ1) is 16.9. The van der Waals surface area contributed by atoms with Crippen molar-refractivity contribution < 1.29 is 9.46 Å². The third kappa shape index (κ3) is 7.07. The van der Waals surface area contributed by atoms with Gasteiger partial charge in [0.2, 0.25) is 7.37 Å². The van der Waals surface area contributed by atoms with Gasteiger partial charge in [-0.3, -0.25) is 4.57 Å². The van der Waals surface area contributed by atoms with E-state index in [9.17, 15) is 9.46 Å². The molecule has 1 aromatic carbocycles. The standard InChI is InChI=1S/C13H21O2P.Al.3H/c1-3-4-10-16(14,15)11-9-13-7-5-12(2)6-8-13;;;;/h5-8H,3-4,9-11H2,1-2H3,(H,14,15);;;;. The summed E-state index contributed by atoms with van der Waals surface area (Å²) in [6.45, 7) is 4.09. The molecule has 0 aromatic heterocycles. The monoisotopic (exact) mass is 270 g/mol. The molecule has 0 amide bonds. The number of unbranched alkanes of at least 4 members (excludes halogenated alkanes) is 1. The van der Waals surface area contributed by atoms with Crippen LogP contribution in [0.3, 0.4) is 0 Å². The van der Waals surface area contributed by atoms with Crippen LogP contribution in [0.25, 0.3) is 0 Å². The van der Waals surface area contributed by atoms with Crippen LogP contribution in [0.5, 0.6) is 0 Å². The Bertz CT molecular complexity index is 362. The highest BCUT2D eigenvalue weighted by molar-refractivity contribution is 7.57. The molecule has 0 heterocycles. The van der Waals surface area contributed by atoms with Crippen LogP contribution in [-0.2, 0) is 11.0 Å². The predicted molar refractivity (Wildman–Crippen MR) is 79.3 cm³/mol. The topological polar surface area (TPSA) is 37.3 Å². The summed E-state index contributed by atoms with van der Waals surface area (Å²) in [5.74, 6) is 0. The highest BCUT2D eigenvalue weighted by atomic mass is 31.2. The van der Waals surface area contributed by atoms with Crippen molar-refractivity contribution in [1.82, 2.24) is 0 Å². The zero-order chi connectivity index (χ0) is 12.0. The minimum absolute atomic E-state index is 0. The van der Waals surface area contributed by atoms with Gasteiger partial charge in [0.15, 0.2) is 17.4 Å². The van der Waals surface area contributed by atoms with Gasteiger partial charge in [0.05, 0.1) is 0 Å². The van der Waals surface area contributed by atoms with Crippen molar-refractivity contribution in [2.75, 3.05) is 12.3 Å². The van der Waals surface area contributed by atoms with Gasteiger partial charge in [0.1, 0.15) is 0 Å². The first-order valence-electron chi connectivity index (χ1n) is 5.90. The number of benzene rings is 1. The number of hydrogen-bond donors (Lipinski definition) is 1. The highest BCUT2D eigenvalue weighted by Crippen LogP contribution is 2.41. The second-order valence-electron chi connectivity index (χ2n) is 4.38. The maximum atomic E-state index is 11.8. The molecule has 0 aliphatic carbocycles. The van der Waals surface area contributed by atoms with Gasteiger partial charge in [0, 0.05) is 12.3 Å². The SMILES string of the molecule is CCCCP(=O)(O)CCc1ccc(C)cc1.[AlH3]. The Morgan fingerprint density at radius 1 is 1.18 bits per heavy atom. The molecule has 1 N–H and O–H groups in total. The average molecular weight is 270 g/mol. The van der Waals surface area contributed by atoms with E-state index < -0.39 is 7.37 Å². The van der Waals surface area contributed by atoms with Crippen molar-refractivity contribution in [2.24, 2.45) is 0 Å². The van der Waals surface area contributed by atoms with Crippen LogP contribution in [0, 0.1) is 6.92 Å². The molecule has 0 fully saturated rings. The number of hydrogen-bond acceptors (Lipinski definition) is 1. The molecule has 0 saturated heterocycles. The fourth-order valence-electron chi connectivity index (χ4n) is 1.58. The summed E-state index contributed by atoms with van der Waals surface area (Å²) in [7, 11) is -2.89. The van der Waals surface area contributed by atoms with Gasteiger partial charge in [-0.05, 0) is 25.3 Å². The lowest BCUT2D eigenvalue weighted by atomic mass is 10.1. The summed E-state index contributed by atoms with van der Waals surface area (Å²) in [6, 6.07) is 8.16.